The van der Waals surface area contributed by atoms with E-state index in [9.17, 15) is 9.59 Å². The van der Waals surface area contributed by atoms with E-state index in [4.69, 9.17) is 4.74 Å². The van der Waals surface area contributed by atoms with Gasteiger partial charge in [-0.3, -0.25) is 14.5 Å². The number of para-hydroxylation sites is 2. The second-order valence-corrected chi connectivity index (χ2v) is 9.37. The van der Waals surface area contributed by atoms with Gasteiger partial charge in [-0.1, -0.05) is 66.7 Å². The molecule has 0 atom stereocenters. The van der Waals surface area contributed by atoms with Gasteiger partial charge in [0.1, 0.15) is 5.75 Å². The van der Waals surface area contributed by atoms with Crippen LogP contribution in [0.15, 0.2) is 96.0 Å². The minimum absolute atomic E-state index is 0.209. The lowest BCUT2D eigenvalue weighted by atomic mass is 10.1. The second kappa shape index (κ2) is 10.7. The van der Waals surface area contributed by atoms with Gasteiger partial charge in [-0.2, -0.15) is 0 Å². The summed E-state index contributed by atoms with van der Waals surface area (Å²) in [5.74, 6) is 0.651. The van der Waals surface area contributed by atoms with Crippen LogP contribution in [0.4, 0.5) is 4.79 Å². The van der Waals surface area contributed by atoms with Crippen molar-refractivity contribution in [1.82, 2.24) is 9.47 Å². The maximum absolute atomic E-state index is 13.0. The first-order valence-electron chi connectivity index (χ1n) is 11.7. The molecule has 0 bridgehead atoms. The predicted molar refractivity (Wildman–Crippen MR) is 141 cm³/mol. The molecule has 5 nitrogen and oxygen atoms in total. The lowest BCUT2D eigenvalue weighted by Crippen LogP contribution is -2.30. The first-order valence-corrected chi connectivity index (χ1v) is 12.6. The number of nitrogens with zero attached hydrogens (tertiary/aromatic N) is 2. The third-order valence-corrected chi connectivity index (χ3v) is 6.91. The molecule has 4 aromatic rings. The summed E-state index contributed by atoms with van der Waals surface area (Å²) >= 11 is 1.02. The molecular formula is C29H26N2O3S. The first-order chi connectivity index (χ1) is 17.2. The van der Waals surface area contributed by atoms with E-state index in [1.165, 1.54) is 4.90 Å². The zero-order valence-electron chi connectivity index (χ0n) is 19.3. The van der Waals surface area contributed by atoms with Crippen LogP contribution in [-0.2, 0) is 17.8 Å². The van der Waals surface area contributed by atoms with Gasteiger partial charge in [0, 0.05) is 35.8 Å². The average Bonchev–Trinajstić information content (AvgIpc) is 3.38. The Morgan fingerprint density at radius 3 is 2.34 bits per heavy atom. The smallest absolute Gasteiger partial charge is 0.293 e. The number of rotatable bonds is 9. The van der Waals surface area contributed by atoms with Crippen molar-refractivity contribution >= 4 is 39.9 Å². The Balaban J connectivity index is 1.29. The van der Waals surface area contributed by atoms with Crippen molar-refractivity contribution in [3.05, 3.63) is 107 Å². The van der Waals surface area contributed by atoms with Crippen LogP contribution in [0, 0.1) is 0 Å². The highest BCUT2D eigenvalue weighted by molar-refractivity contribution is 8.18. The van der Waals surface area contributed by atoms with Crippen LogP contribution in [0.1, 0.15) is 17.5 Å². The van der Waals surface area contributed by atoms with Crippen molar-refractivity contribution in [1.29, 1.82) is 0 Å². The van der Waals surface area contributed by atoms with Crippen LogP contribution in [-0.4, -0.2) is 33.8 Å². The summed E-state index contributed by atoms with van der Waals surface area (Å²) in [7, 11) is 0. The Morgan fingerprint density at radius 1 is 0.829 bits per heavy atom. The molecule has 2 amide bonds. The molecule has 0 saturated carbocycles. The van der Waals surface area contributed by atoms with Gasteiger partial charge in [-0.15, -0.1) is 0 Å². The molecule has 2 heterocycles. The largest absolute Gasteiger partial charge is 0.494 e. The van der Waals surface area contributed by atoms with Crippen LogP contribution < -0.4 is 4.74 Å². The fraction of sp³-hybridized carbons (Fsp3) is 0.172. The number of amides is 2. The van der Waals surface area contributed by atoms with Gasteiger partial charge in [-0.05, 0) is 54.4 Å². The number of benzene rings is 3. The lowest BCUT2D eigenvalue weighted by Gasteiger charge is -2.12. The van der Waals surface area contributed by atoms with E-state index in [-0.39, 0.29) is 11.1 Å². The molecule has 1 fully saturated rings. The first kappa shape index (κ1) is 23.0. The number of carbonyl (C=O) groups excluding carboxylic acids is 2. The van der Waals surface area contributed by atoms with E-state index in [2.05, 4.69) is 22.9 Å². The summed E-state index contributed by atoms with van der Waals surface area (Å²) < 4.78 is 8.02. The maximum atomic E-state index is 13.0. The van der Waals surface area contributed by atoms with Gasteiger partial charge >= 0.3 is 0 Å². The number of hydrogen-bond donors (Lipinski definition) is 0. The second-order valence-electron chi connectivity index (χ2n) is 8.38. The summed E-state index contributed by atoms with van der Waals surface area (Å²) in [6.45, 7) is 1.79. The zero-order chi connectivity index (χ0) is 24.0. The van der Waals surface area contributed by atoms with Crippen molar-refractivity contribution in [3.63, 3.8) is 0 Å². The summed E-state index contributed by atoms with van der Waals surface area (Å²) in [4.78, 5) is 27.4. The average molecular weight is 483 g/mol. The third kappa shape index (κ3) is 5.33. The number of hydrogen-bond acceptors (Lipinski definition) is 4. The summed E-state index contributed by atoms with van der Waals surface area (Å²) in [6.07, 6.45) is 5.41. The molecular weight excluding hydrogens is 456 g/mol. The normalized spacial score (nSPS) is 14.9. The standard InChI is InChI=1S/C29H26N2O3S/c32-28-27(35-29(33)31(28)18-16-22-10-3-1-4-11-22)20-23-21-30(26-15-8-7-14-25(23)26)17-9-19-34-24-12-5-2-6-13-24/h1-8,10-15,20-21H,9,16-19H2/b27-20-. The van der Waals surface area contributed by atoms with E-state index < -0.39 is 0 Å². The molecule has 1 aromatic heterocycles. The van der Waals surface area contributed by atoms with Crippen molar-refractivity contribution in [2.75, 3.05) is 13.2 Å². The molecule has 1 saturated heterocycles. The fourth-order valence-electron chi connectivity index (χ4n) is 4.24. The number of thioether (sulfide) groups is 1. The van der Waals surface area contributed by atoms with Gasteiger partial charge in [0.15, 0.2) is 0 Å². The summed E-state index contributed by atoms with van der Waals surface area (Å²) in [6, 6.07) is 27.9. The van der Waals surface area contributed by atoms with E-state index in [0.717, 1.165) is 52.5 Å². The summed E-state index contributed by atoms with van der Waals surface area (Å²) in [5.41, 5.74) is 3.15. The molecule has 0 radical (unpaired) electrons. The number of aryl methyl sites for hydroxylation is 1. The van der Waals surface area contributed by atoms with Crippen LogP contribution in [0.2, 0.25) is 0 Å². The van der Waals surface area contributed by atoms with E-state index in [0.29, 0.717) is 24.5 Å². The quantitative estimate of drug-likeness (QED) is 0.205. The minimum Gasteiger partial charge on any atom is -0.494 e. The number of carbonyl (C=O) groups is 2. The van der Waals surface area contributed by atoms with Gasteiger partial charge in [0.05, 0.1) is 11.5 Å². The van der Waals surface area contributed by atoms with E-state index in [1.807, 2.05) is 78.9 Å². The Hall–Kier alpha value is -3.77. The van der Waals surface area contributed by atoms with Crippen molar-refractivity contribution < 1.29 is 14.3 Å². The van der Waals surface area contributed by atoms with Crippen molar-refractivity contribution in [2.45, 2.75) is 19.4 Å². The van der Waals surface area contributed by atoms with Crippen LogP contribution in [0.3, 0.4) is 0 Å². The molecule has 1 aliphatic heterocycles. The van der Waals surface area contributed by atoms with Crippen molar-refractivity contribution in [3.8, 4) is 5.75 Å². The zero-order valence-corrected chi connectivity index (χ0v) is 20.1. The van der Waals surface area contributed by atoms with Crippen LogP contribution >= 0.6 is 11.8 Å². The molecule has 35 heavy (non-hydrogen) atoms. The highest BCUT2D eigenvalue weighted by Crippen LogP contribution is 2.34. The SMILES string of the molecule is O=C1S/C(=C\c2cn(CCCOc3ccccc3)c3ccccc23)C(=O)N1CCc1ccccc1. The van der Waals surface area contributed by atoms with Gasteiger partial charge < -0.3 is 9.30 Å². The molecule has 0 aliphatic carbocycles. The number of ether oxygens (including phenoxy) is 1. The molecule has 0 N–H and O–H groups in total. The Kier molecular flexibility index (Phi) is 7.00. The molecule has 0 spiro atoms. The van der Waals surface area contributed by atoms with Crippen LogP contribution in [0.25, 0.3) is 17.0 Å². The molecule has 6 heteroatoms. The fourth-order valence-corrected chi connectivity index (χ4v) is 5.09. The Labute approximate surface area is 209 Å². The minimum atomic E-state index is -0.218. The van der Waals surface area contributed by atoms with E-state index >= 15 is 0 Å². The van der Waals surface area contributed by atoms with E-state index in [1.54, 1.807) is 0 Å². The number of imide groups is 1. The Bertz CT molecular complexity index is 1360. The molecule has 3 aromatic carbocycles. The molecule has 176 valence electrons. The van der Waals surface area contributed by atoms with Gasteiger partial charge in [-0.25, -0.2) is 0 Å². The molecule has 0 unspecified atom stereocenters. The lowest BCUT2D eigenvalue weighted by molar-refractivity contribution is -0.122. The monoisotopic (exact) mass is 482 g/mol. The molecule has 5 rings (SSSR count). The van der Waals surface area contributed by atoms with Crippen molar-refractivity contribution in [2.24, 2.45) is 0 Å². The molecule has 1 aliphatic rings. The maximum Gasteiger partial charge on any atom is 0.293 e. The third-order valence-electron chi connectivity index (χ3n) is 6.00. The number of fused-ring (bicyclic) bond motifs is 1. The number of aromatic nitrogens is 1. The topological polar surface area (TPSA) is 51.5 Å². The van der Waals surface area contributed by atoms with Gasteiger partial charge in [0.2, 0.25) is 0 Å². The Morgan fingerprint density at radius 2 is 1.54 bits per heavy atom. The highest BCUT2D eigenvalue weighted by atomic mass is 32.2. The van der Waals surface area contributed by atoms with Crippen LogP contribution in [0.5, 0.6) is 5.75 Å². The predicted octanol–water partition coefficient (Wildman–Crippen LogP) is 6.39. The van der Waals surface area contributed by atoms with Gasteiger partial charge in [0.25, 0.3) is 11.1 Å². The summed E-state index contributed by atoms with van der Waals surface area (Å²) in [5, 5.41) is 0.853. The highest BCUT2D eigenvalue weighted by Gasteiger charge is 2.34.